The third kappa shape index (κ3) is 4.22. The lowest BCUT2D eigenvalue weighted by molar-refractivity contribution is 0.666. The molecule has 0 atom stereocenters. The van der Waals surface area contributed by atoms with E-state index < -0.39 is 0 Å². The molecule has 0 radical (unpaired) electrons. The second-order valence-corrected chi connectivity index (χ2v) is 6.91. The quantitative estimate of drug-likeness (QED) is 0.593. The maximum atomic E-state index is 4.83. The normalized spacial score (nSPS) is 12.7. The van der Waals surface area contributed by atoms with E-state index in [9.17, 15) is 0 Å². The van der Waals surface area contributed by atoms with Crippen molar-refractivity contribution >= 4 is 35.5 Å². The van der Waals surface area contributed by atoms with Gasteiger partial charge in [-0.2, -0.15) is 4.98 Å². The molecule has 5 heteroatoms. The Morgan fingerprint density at radius 3 is 2.00 bits per heavy atom. The number of anilines is 4. The summed E-state index contributed by atoms with van der Waals surface area (Å²) >= 11 is 0. The first kappa shape index (κ1) is 19.2. The molecule has 1 aliphatic rings. The SMILES string of the molecule is Cc1ccccc1Nc1nc2c(c(Nc3ccccc3C)n1)CCCC2.Cl. The average Bonchev–Trinajstić information content (AvgIpc) is 2.65. The number of aryl methyl sites for hydroxylation is 3. The van der Waals surface area contributed by atoms with Crippen LogP contribution in [0, 0.1) is 13.8 Å². The van der Waals surface area contributed by atoms with Gasteiger partial charge in [0, 0.05) is 16.9 Å². The molecule has 27 heavy (non-hydrogen) atoms. The summed E-state index contributed by atoms with van der Waals surface area (Å²) in [6.07, 6.45) is 4.44. The summed E-state index contributed by atoms with van der Waals surface area (Å²) in [5.41, 5.74) is 6.96. The van der Waals surface area contributed by atoms with Crippen molar-refractivity contribution in [2.75, 3.05) is 10.6 Å². The lowest BCUT2D eigenvalue weighted by Crippen LogP contribution is -2.13. The van der Waals surface area contributed by atoms with Crippen LogP contribution >= 0.6 is 12.4 Å². The molecule has 2 aromatic carbocycles. The van der Waals surface area contributed by atoms with E-state index in [1.165, 1.54) is 35.2 Å². The number of aromatic nitrogens is 2. The Morgan fingerprint density at radius 1 is 0.741 bits per heavy atom. The van der Waals surface area contributed by atoms with Gasteiger partial charge < -0.3 is 10.6 Å². The van der Waals surface area contributed by atoms with Crippen LogP contribution in [0.3, 0.4) is 0 Å². The summed E-state index contributed by atoms with van der Waals surface area (Å²) in [6, 6.07) is 16.5. The Hall–Kier alpha value is -2.59. The molecule has 0 saturated heterocycles. The highest BCUT2D eigenvalue weighted by Gasteiger charge is 2.18. The number of fused-ring (bicyclic) bond motifs is 1. The predicted octanol–water partition coefficient (Wildman–Crippen LogP) is 5.88. The zero-order chi connectivity index (χ0) is 17.9. The van der Waals surface area contributed by atoms with Crippen LogP contribution in [0.1, 0.15) is 35.2 Å². The van der Waals surface area contributed by atoms with Gasteiger partial charge in [-0.3, -0.25) is 0 Å². The number of hydrogen-bond acceptors (Lipinski definition) is 4. The van der Waals surface area contributed by atoms with E-state index >= 15 is 0 Å². The highest BCUT2D eigenvalue weighted by atomic mass is 35.5. The standard InChI is InChI=1S/C22H24N4.ClH/c1-15-9-3-6-12-18(15)23-21-17-11-5-8-14-20(17)25-22(26-21)24-19-13-7-4-10-16(19)2;/h3-4,6-7,9-10,12-13H,5,8,11,14H2,1-2H3,(H2,23,24,25,26);1H. The van der Waals surface area contributed by atoms with Crippen LogP contribution in [0.2, 0.25) is 0 Å². The minimum absolute atomic E-state index is 0. The summed E-state index contributed by atoms with van der Waals surface area (Å²) in [6.45, 7) is 4.20. The van der Waals surface area contributed by atoms with Gasteiger partial charge in [0.2, 0.25) is 5.95 Å². The largest absolute Gasteiger partial charge is 0.340 e. The number of nitrogens with one attached hydrogen (secondary N) is 2. The monoisotopic (exact) mass is 380 g/mol. The van der Waals surface area contributed by atoms with Crippen molar-refractivity contribution in [1.29, 1.82) is 0 Å². The van der Waals surface area contributed by atoms with Crippen molar-refractivity contribution in [2.24, 2.45) is 0 Å². The highest BCUT2D eigenvalue weighted by Crippen LogP contribution is 2.30. The smallest absolute Gasteiger partial charge is 0.229 e. The van der Waals surface area contributed by atoms with E-state index in [0.717, 1.165) is 30.0 Å². The van der Waals surface area contributed by atoms with Gasteiger partial charge in [-0.15, -0.1) is 12.4 Å². The first-order valence-corrected chi connectivity index (χ1v) is 9.26. The molecule has 140 valence electrons. The van der Waals surface area contributed by atoms with Crippen molar-refractivity contribution in [3.8, 4) is 0 Å². The van der Waals surface area contributed by atoms with Gasteiger partial charge in [0.25, 0.3) is 0 Å². The third-order valence-electron chi connectivity index (χ3n) is 4.97. The number of benzene rings is 2. The molecule has 0 fully saturated rings. The van der Waals surface area contributed by atoms with Gasteiger partial charge in [0.15, 0.2) is 0 Å². The molecule has 0 unspecified atom stereocenters. The molecular weight excluding hydrogens is 356 g/mol. The maximum Gasteiger partial charge on any atom is 0.229 e. The summed E-state index contributed by atoms with van der Waals surface area (Å²) in [5.74, 6) is 1.59. The summed E-state index contributed by atoms with van der Waals surface area (Å²) in [7, 11) is 0. The number of rotatable bonds is 4. The van der Waals surface area contributed by atoms with Crippen LogP contribution in [-0.2, 0) is 12.8 Å². The van der Waals surface area contributed by atoms with Gasteiger partial charge in [-0.25, -0.2) is 4.98 Å². The molecule has 4 rings (SSSR count). The van der Waals surface area contributed by atoms with E-state index in [-0.39, 0.29) is 12.4 Å². The summed E-state index contributed by atoms with van der Waals surface area (Å²) in [4.78, 5) is 9.64. The molecule has 0 spiro atoms. The molecule has 1 heterocycles. The van der Waals surface area contributed by atoms with Crippen LogP contribution in [0.25, 0.3) is 0 Å². The van der Waals surface area contributed by atoms with E-state index in [1.54, 1.807) is 0 Å². The van der Waals surface area contributed by atoms with E-state index in [4.69, 9.17) is 9.97 Å². The summed E-state index contributed by atoms with van der Waals surface area (Å²) < 4.78 is 0. The molecule has 3 aromatic rings. The van der Waals surface area contributed by atoms with E-state index in [1.807, 2.05) is 12.1 Å². The molecule has 0 aliphatic heterocycles. The van der Waals surface area contributed by atoms with Crippen LogP contribution in [-0.4, -0.2) is 9.97 Å². The predicted molar refractivity (Wildman–Crippen MR) is 115 cm³/mol. The fourth-order valence-electron chi connectivity index (χ4n) is 3.43. The number of hydrogen-bond donors (Lipinski definition) is 2. The fraction of sp³-hybridized carbons (Fsp3) is 0.273. The molecular formula is C22H25ClN4. The molecule has 2 N–H and O–H groups in total. The fourth-order valence-corrected chi connectivity index (χ4v) is 3.43. The zero-order valence-electron chi connectivity index (χ0n) is 15.7. The van der Waals surface area contributed by atoms with Crippen LogP contribution in [0.5, 0.6) is 0 Å². The molecule has 1 aromatic heterocycles. The lowest BCUT2D eigenvalue weighted by atomic mass is 9.96. The third-order valence-corrected chi connectivity index (χ3v) is 4.97. The molecule has 4 nitrogen and oxygen atoms in total. The van der Waals surface area contributed by atoms with Gasteiger partial charge in [0.05, 0.1) is 5.69 Å². The van der Waals surface area contributed by atoms with Crippen molar-refractivity contribution in [2.45, 2.75) is 39.5 Å². The van der Waals surface area contributed by atoms with Crippen molar-refractivity contribution in [3.63, 3.8) is 0 Å². The molecule has 0 saturated carbocycles. The minimum Gasteiger partial charge on any atom is -0.340 e. The number of nitrogens with zero attached hydrogens (tertiary/aromatic N) is 2. The number of halogens is 1. The summed E-state index contributed by atoms with van der Waals surface area (Å²) in [5, 5.41) is 6.95. The Kier molecular flexibility index (Phi) is 5.97. The molecule has 0 amide bonds. The van der Waals surface area contributed by atoms with E-state index in [0.29, 0.717) is 5.95 Å². The van der Waals surface area contributed by atoms with Gasteiger partial charge in [0.1, 0.15) is 5.82 Å². The second-order valence-electron chi connectivity index (χ2n) is 6.91. The van der Waals surface area contributed by atoms with Gasteiger partial charge >= 0.3 is 0 Å². The molecule has 0 bridgehead atoms. The first-order valence-electron chi connectivity index (χ1n) is 9.26. The topological polar surface area (TPSA) is 49.8 Å². The Bertz CT molecular complexity index is 939. The van der Waals surface area contributed by atoms with E-state index in [2.05, 4.69) is 60.9 Å². The van der Waals surface area contributed by atoms with Crippen molar-refractivity contribution < 1.29 is 0 Å². The zero-order valence-corrected chi connectivity index (χ0v) is 16.6. The lowest BCUT2D eigenvalue weighted by Gasteiger charge is -2.21. The first-order chi connectivity index (χ1) is 12.7. The van der Waals surface area contributed by atoms with Crippen molar-refractivity contribution in [3.05, 3.63) is 70.9 Å². The molecule has 1 aliphatic carbocycles. The van der Waals surface area contributed by atoms with Gasteiger partial charge in [-0.1, -0.05) is 36.4 Å². The Morgan fingerprint density at radius 2 is 1.33 bits per heavy atom. The Labute approximate surface area is 166 Å². The van der Waals surface area contributed by atoms with Crippen LogP contribution in [0.15, 0.2) is 48.5 Å². The maximum absolute atomic E-state index is 4.83. The van der Waals surface area contributed by atoms with Gasteiger partial charge in [-0.05, 0) is 62.8 Å². The van der Waals surface area contributed by atoms with Crippen LogP contribution in [0.4, 0.5) is 23.1 Å². The number of para-hydroxylation sites is 2. The second kappa shape index (κ2) is 8.40. The average molecular weight is 381 g/mol. The Balaban J connectivity index is 0.00000210. The highest BCUT2D eigenvalue weighted by molar-refractivity contribution is 5.85. The van der Waals surface area contributed by atoms with Crippen LogP contribution < -0.4 is 10.6 Å². The minimum atomic E-state index is 0. The van der Waals surface area contributed by atoms with Crippen molar-refractivity contribution in [1.82, 2.24) is 9.97 Å².